The number of ether oxygens (including phenoxy) is 2. The van der Waals surface area contributed by atoms with Gasteiger partial charge >= 0.3 is 6.03 Å². The number of nitrogens with zero attached hydrogens (tertiary/aromatic N) is 2. The van der Waals surface area contributed by atoms with E-state index in [0.29, 0.717) is 40.6 Å². The van der Waals surface area contributed by atoms with Crippen molar-refractivity contribution in [3.63, 3.8) is 0 Å². The Hall–Kier alpha value is -4.18. The van der Waals surface area contributed by atoms with Crippen molar-refractivity contribution >= 4 is 39.2 Å². The molecule has 1 aliphatic rings. The van der Waals surface area contributed by atoms with E-state index in [0.717, 1.165) is 16.0 Å². The van der Waals surface area contributed by atoms with E-state index in [1.165, 1.54) is 22.2 Å². The fourth-order valence-electron chi connectivity index (χ4n) is 3.74. The summed E-state index contributed by atoms with van der Waals surface area (Å²) in [6, 6.07) is 14.0. The number of nitrogens with one attached hydrogen (secondary N) is 2. The SMILES string of the molecule is Cc1c(-c2ccccc2)sc2ncn(CC(=O)NC(=O)Nc3ccc4c(c3)OCCO4)c(=O)c12. The molecule has 0 spiro atoms. The first kappa shape index (κ1) is 21.7. The van der Waals surface area contributed by atoms with E-state index in [1.807, 2.05) is 37.3 Å². The van der Waals surface area contributed by atoms with Gasteiger partial charge in [0.1, 0.15) is 24.6 Å². The quantitative estimate of drug-likeness (QED) is 0.466. The Kier molecular flexibility index (Phi) is 5.72. The Balaban J connectivity index is 1.29. The molecule has 0 saturated carbocycles. The maximum atomic E-state index is 13.1. The van der Waals surface area contributed by atoms with E-state index in [2.05, 4.69) is 15.6 Å². The second kappa shape index (κ2) is 8.99. The molecule has 3 heterocycles. The molecular formula is C24H20N4O5S. The first-order valence-electron chi connectivity index (χ1n) is 10.5. The number of hydrogen-bond acceptors (Lipinski definition) is 7. The molecule has 10 heteroatoms. The van der Waals surface area contributed by atoms with Crippen LogP contribution >= 0.6 is 11.3 Å². The number of rotatable bonds is 4. The maximum absolute atomic E-state index is 13.1. The van der Waals surface area contributed by atoms with Crippen LogP contribution in [0.2, 0.25) is 0 Å². The van der Waals surface area contributed by atoms with E-state index in [4.69, 9.17) is 9.47 Å². The van der Waals surface area contributed by atoms with Crippen LogP contribution < -0.4 is 25.7 Å². The fraction of sp³-hybridized carbons (Fsp3) is 0.167. The molecule has 34 heavy (non-hydrogen) atoms. The van der Waals surface area contributed by atoms with Gasteiger partial charge in [0.2, 0.25) is 5.91 Å². The molecule has 5 rings (SSSR count). The second-order valence-corrected chi connectivity index (χ2v) is 8.64. The number of benzene rings is 2. The number of amides is 3. The summed E-state index contributed by atoms with van der Waals surface area (Å²) in [5, 5.41) is 5.28. The van der Waals surface area contributed by atoms with Gasteiger partial charge in [-0.1, -0.05) is 30.3 Å². The summed E-state index contributed by atoms with van der Waals surface area (Å²) in [6.07, 6.45) is 1.33. The van der Waals surface area contributed by atoms with Crippen molar-refractivity contribution in [3.05, 3.63) is 70.8 Å². The van der Waals surface area contributed by atoms with Gasteiger partial charge in [-0.3, -0.25) is 19.5 Å². The van der Waals surface area contributed by atoms with Crippen LogP contribution in [-0.2, 0) is 11.3 Å². The molecule has 0 atom stereocenters. The van der Waals surface area contributed by atoms with Crippen LogP contribution in [0.25, 0.3) is 20.7 Å². The number of imide groups is 1. The largest absolute Gasteiger partial charge is 0.486 e. The van der Waals surface area contributed by atoms with Crippen LogP contribution in [0.15, 0.2) is 59.7 Å². The molecule has 2 N–H and O–H groups in total. The summed E-state index contributed by atoms with van der Waals surface area (Å²) < 4.78 is 12.1. The number of fused-ring (bicyclic) bond motifs is 2. The molecule has 3 amide bonds. The molecule has 0 fully saturated rings. The number of anilines is 1. The first-order chi connectivity index (χ1) is 16.5. The predicted octanol–water partition coefficient (Wildman–Crippen LogP) is 3.55. The third-order valence-corrected chi connectivity index (χ3v) is 6.57. The van der Waals surface area contributed by atoms with Crippen molar-refractivity contribution in [3.8, 4) is 21.9 Å². The topological polar surface area (TPSA) is 112 Å². The maximum Gasteiger partial charge on any atom is 0.325 e. The Labute approximate surface area is 198 Å². The highest BCUT2D eigenvalue weighted by Crippen LogP contribution is 2.35. The molecule has 1 aliphatic heterocycles. The molecular weight excluding hydrogens is 456 g/mol. The number of carbonyl (C=O) groups is 2. The summed E-state index contributed by atoms with van der Waals surface area (Å²) in [5.41, 5.74) is 1.93. The smallest absolute Gasteiger partial charge is 0.325 e. The average Bonchev–Trinajstić information content (AvgIpc) is 3.18. The second-order valence-electron chi connectivity index (χ2n) is 7.64. The number of urea groups is 1. The van der Waals surface area contributed by atoms with Gasteiger partial charge in [-0.15, -0.1) is 11.3 Å². The molecule has 0 aliphatic carbocycles. The normalized spacial score (nSPS) is 12.4. The van der Waals surface area contributed by atoms with Crippen molar-refractivity contribution in [1.29, 1.82) is 0 Å². The van der Waals surface area contributed by atoms with Crippen LogP contribution in [0.5, 0.6) is 11.5 Å². The number of aromatic nitrogens is 2. The van der Waals surface area contributed by atoms with E-state index < -0.39 is 11.9 Å². The third kappa shape index (κ3) is 4.23. The van der Waals surface area contributed by atoms with E-state index in [1.54, 1.807) is 18.2 Å². The molecule has 9 nitrogen and oxygen atoms in total. The average molecular weight is 477 g/mol. The van der Waals surface area contributed by atoms with Crippen LogP contribution in [0, 0.1) is 6.92 Å². The minimum atomic E-state index is -0.721. The Morgan fingerprint density at radius 1 is 1.09 bits per heavy atom. The van der Waals surface area contributed by atoms with Gasteiger partial charge in [0.25, 0.3) is 5.56 Å². The van der Waals surface area contributed by atoms with Gasteiger partial charge < -0.3 is 14.8 Å². The standard InChI is InChI=1S/C24H20N4O5S/c1-14-20-22(34-21(14)15-5-3-2-4-6-15)25-13-28(23(20)30)12-19(29)27-24(31)26-16-7-8-17-18(11-16)33-10-9-32-17/h2-8,11,13H,9-10,12H2,1H3,(H2,26,27,29,31). The van der Waals surface area contributed by atoms with Crippen LogP contribution in [0.4, 0.5) is 10.5 Å². The lowest BCUT2D eigenvalue weighted by Crippen LogP contribution is -2.38. The number of hydrogen-bond donors (Lipinski definition) is 2. The lowest BCUT2D eigenvalue weighted by atomic mass is 10.1. The lowest BCUT2D eigenvalue weighted by Gasteiger charge is -2.19. The predicted molar refractivity (Wildman–Crippen MR) is 129 cm³/mol. The van der Waals surface area contributed by atoms with Gasteiger partial charge in [-0.25, -0.2) is 9.78 Å². The zero-order valence-electron chi connectivity index (χ0n) is 18.2. The lowest BCUT2D eigenvalue weighted by molar-refractivity contribution is -0.120. The van der Waals surface area contributed by atoms with E-state index >= 15 is 0 Å². The highest BCUT2D eigenvalue weighted by Gasteiger charge is 2.18. The summed E-state index contributed by atoms with van der Waals surface area (Å²) >= 11 is 1.43. The van der Waals surface area contributed by atoms with Crippen LogP contribution in [0.1, 0.15) is 5.56 Å². The minimum absolute atomic E-state index is 0.330. The van der Waals surface area contributed by atoms with Crippen molar-refractivity contribution in [2.45, 2.75) is 13.5 Å². The molecule has 0 bridgehead atoms. The van der Waals surface area contributed by atoms with E-state index in [9.17, 15) is 14.4 Å². The molecule has 172 valence electrons. The highest BCUT2D eigenvalue weighted by atomic mass is 32.1. The molecule has 2 aromatic carbocycles. The zero-order chi connectivity index (χ0) is 23.7. The summed E-state index contributed by atoms with van der Waals surface area (Å²) in [4.78, 5) is 43.7. The Morgan fingerprint density at radius 3 is 2.65 bits per heavy atom. The monoisotopic (exact) mass is 476 g/mol. The Bertz CT molecular complexity index is 1460. The number of aryl methyl sites for hydroxylation is 1. The van der Waals surface area contributed by atoms with Gasteiger partial charge in [-0.2, -0.15) is 0 Å². The minimum Gasteiger partial charge on any atom is -0.486 e. The van der Waals surface area contributed by atoms with Gasteiger partial charge in [0.15, 0.2) is 11.5 Å². The van der Waals surface area contributed by atoms with Crippen LogP contribution in [-0.4, -0.2) is 34.7 Å². The van der Waals surface area contributed by atoms with Crippen molar-refractivity contribution < 1.29 is 19.1 Å². The molecule has 4 aromatic rings. The van der Waals surface area contributed by atoms with Crippen molar-refractivity contribution in [2.24, 2.45) is 0 Å². The van der Waals surface area contributed by atoms with Crippen molar-refractivity contribution in [2.75, 3.05) is 18.5 Å². The van der Waals surface area contributed by atoms with Crippen LogP contribution in [0.3, 0.4) is 0 Å². The summed E-state index contributed by atoms with van der Waals surface area (Å²) in [6.45, 7) is 2.42. The van der Waals surface area contributed by atoms with Crippen molar-refractivity contribution in [1.82, 2.24) is 14.9 Å². The molecule has 2 aromatic heterocycles. The fourth-order valence-corrected chi connectivity index (χ4v) is 4.89. The highest BCUT2D eigenvalue weighted by molar-refractivity contribution is 7.22. The van der Waals surface area contributed by atoms with E-state index in [-0.39, 0.29) is 12.1 Å². The molecule has 0 unspecified atom stereocenters. The number of carbonyl (C=O) groups excluding carboxylic acids is 2. The number of thiophene rings is 1. The van der Waals surface area contributed by atoms with Gasteiger partial charge in [0.05, 0.1) is 11.7 Å². The molecule has 0 saturated heterocycles. The molecule has 0 radical (unpaired) electrons. The zero-order valence-corrected chi connectivity index (χ0v) is 19.0. The first-order valence-corrected chi connectivity index (χ1v) is 11.4. The third-order valence-electron chi connectivity index (χ3n) is 5.32. The summed E-state index contributed by atoms with van der Waals surface area (Å²) in [7, 11) is 0. The van der Waals surface area contributed by atoms with Gasteiger partial charge in [0, 0.05) is 16.6 Å². The van der Waals surface area contributed by atoms with Gasteiger partial charge in [-0.05, 0) is 30.2 Å². The Morgan fingerprint density at radius 2 is 1.85 bits per heavy atom. The summed E-state index contributed by atoms with van der Waals surface area (Å²) in [5.74, 6) is 0.464.